The van der Waals surface area contributed by atoms with Gasteiger partial charge in [-0.25, -0.2) is 19.2 Å². The molecule has 4 aromatic heterocycles. The summed E-state index contributed by atoms with van der Waals surface area (Å²) in [5.41, 5.74) is -3.42. The number of anilines is 2. The molecule has 1 aliphatic rings. The number of methoxy groups -OCH3 is 1. The van der Waals surface area contributed by atoms with Crippen LogP contribution in [-0.2, 0) is 11.3 Å². The van der Waals surface area contributed by atoms with Gasteiger partial charge in [-0.2, -0.15) is 18.2 Å². The number of rotatable bonds is 8. The molecule has 0 spiro atoms. The Labute approximate surface area is 229 Å². The Morgan fingerprint density at radius 2 is 2.08 bits per heavy atom. The van der Waals surface area contributed by atoms with E-state index in [1.165, 1.54) is 36.2 Å². The van der Waals surface area contributed by atoms with Crippen LogP contribution < -0.4 is 10.6 Å². The maximum Gasteiger partial charge on any atom is 0.447 e. The van der Waals surface area contributed by atoms with Gasteiger partial charge in [0.25, 0.3) is 0 Å². The van der Waals surface area contributed by atoms with E-state index in [2.05, 4.69) is 35.5 Å². The number of likely N-dealkylation sites (tertiary alicyclic amines) is 1. The highest BCUT2D eigenvalue weighted by atomic mass is 32.2. The Hall–Kier alpha value is -3.92. The summed E-state index contributed by atoms with van der Waals surface area (Å²) in [5.74, 6) is -0.414. The summed E-state index contributed by atoms with van der Waals surface area (Å²) in [6, 6.07) is 4.34. The van der Waals surface area contributed by atoms with E-state index in [0.29, 0.717) is 24.2 Å². The molecule has 212 valence electrons. The molecule has 0 aliphatic carbocycles. The highest BCUT2D eigenvalue weighted by Crippen LogP contribution is 2.44. The molecule has 5 rings (SSSR count). The average Bonchev–Trinajstić information content (AvgIpc) is 3.53. The summed E-state index contributed by atoms with van der Waals surface area (Å²) in [4.78, 5) is 25.7. The third kappa shape index (κ3) is 6.12. The van der Waals surface area contributed by atoms with E-state index in [-0.39, 0.29) is 58.7 Å². The number of hydrogen-bond donors (Lipinski definition) is 2. The number of nitrogens with zero attached hydrogens (tertiary/aromatic N) is 6. The summed E-state index contributed by atoms with van der Waals surface area (Å²) in [5, 5.41) is 9.75. The Morgan fingerprint density at radius 3 is 2.77 bits per heavy atom. The molecular weight excluding hydrogens is 556 g/mol. The molecule has 0 saturated carbocycles. The van der Waals surface area contributed by atoms with Crippen molar-refractivity contribution in [3.05, 3.63) is 48.2 Å². The first kappa shape index (κ1) is 27.6. The maximum atomic E-state index is 14.7. The van der Waals surface area contributed by atoms with Crippen molar-refractivity contribution in [2.24, 2.45) is 0 Å². The van der Waals surface area contributed by atoms with Crippen LogP contribution in [0.2, 0.25) is 0 Å². The molecule has 0 aromatic carbocycles. The number of halogens is 4. The number of esters is 1. The molecule has 1 fully saturated rings. The smallest absolute Gasteiger partial charge is 0.447 e. The van der Waals surface area contributed by atoms with E-state index in [4.69, 9.17) is 4.52 Å². The van der Waals surface area contributed by atoms with Crippen LogP contribution in [0.3, 0.4) is 0 Å². The van der Waals surface area contributed by atoms with Crippen LogP contribution >= 0.6 is 11.8 Å². The van der Waals surface area contributed by atoms with Crippen LogP contribution in [0.25, 0.3) is 16.9 Å². The van der Waals surface area contributed by atoms with Gasteiger partial charge in [-0.1, -0.05) is 5.16 Å². The highest BCUT2D eigenvalue weighted by Gasteiger charge is 2.34. The van der Waals surface area contributed by atoms with Crippen LogP contribution in [-0.4, -0.2) is 80.3 Å². The van der Waals surface area contributed by atoms with Gasteiger partial charge >= 0.3 is 11.5 Å². The molecule has 0 amide bonds. The molecule has 0 bridgehead atoms. The zero-order chi connectivity index (χ0) is 28.4. The van der Waals surface area contributed by atoms with Crippen molar-refractivity contribution in [2.45, 2.75) is 35.7 Å². The van der Waals surface area contributed by atoms with Crippen LogP contribution in [0, 0.1) is 0 Å². The van der Waals surface area contributed by atoms with Gasteiger partial charge in [0.2, 0.25) is 17.7 Å². The summed E-state index contributed by atoms with van der Waals surface area (Å²) in [6.45, 7) is 0.936. The molecule has 2 N–H and O–H groups in total. The van der Waals surface area contributed by atoms with Gasteiger partial charge in [-0.05, 0) is 31.7 Å². The fourth-order valence-electron chi connectivity index (χ4n) is 4.32. The van der Waals surface area contributed by atoms with Crippen molar-refractivity contribution in [1.29, 1.82) is 0 Å². The van der Waals surface area contributed by atoms with E-state index in [9.17, 15) is 22.4 Å². The van der Waals surface area contributed by atoms with Crippen molar-refractivity contribution in [3.63, 3.8) is 0 Å². The average molecular weight is 581 g/mol. The van der Waals surface area contributed by atoms with Gasteiger partial charge in [-0.15, -0.1) is 0 Å². The van der Waals surface area contributed by atoms with Crippen LogP contribution in [0.1, 0.15) is 22.7 Å². The molecule has 4 aromatic rings. The topological polar surface area (TPSA) is 123 Å². The third-order valence-electron chi connectivity index (χ3n) is 6.24. The number of thioether (sulfide) groups is 1. The standard InChI is InChI=1S/C24H24F4N8O3S/c1-35-7-5-16(15(25)12-35)32-17-4-3-6-36-18(17)8-14(21(36)40-24(26,27)28)20-33-19(39-34-20)11-31-23-29-9-13(10-30-23)22(37)38-2/h3-4,6,8-10,15-16,32H,5,7,11-12H2,1-2H3,(H,29,30,31)/t15-,16+/m0/s1. The minimum atomic E-state index is -4.59. The lowest BCUT2D eigenvalue weighted by Gasteiger charge is -2.33. The van der Waals surface area contributed by atoms with E-state index < -0.39 is 23.7 Å². The number of piperidine rings is 1. The lowest BCUT2D eigenvalue weighted by atomic mass is 10.0. The van der Waals surface area contributed by atoms with Gasteiger partial charge in [0.1, 0.15) is 6.17 Å². The summed E-state index contributed by atoms with van der Waals surface area (Å²) < 4.78 is 66.7. The number of nitrogens with one attached hydrogen (secondary N) is 2. The van der Waals surface area contributed by atoms with Gasteiger partial charge in [0.15, 0.2) is 0 Å². The molecule has 0 radical (unpaired) electrons. The molecule has 40 heavy (non-hydrogen) atoms. The van der Waals surface area contributed by atoms with E-state index in [1.807, 2.05) is 11.9 Å². The predicted octanol–water partition coefficient (Wildman–Crippen LogP) is 4.24. The molecule has 5 heterocycles. The van der Waals surface area contributed by atoms with Gasteiger partial charge in [-0.3, -0.25) is 0 Å². The molecule has 0 unspecified atom stereocenters. The van der Waals surface area contributed by atoms with E-state index in [1.54, 1.807) is 12.1 Å². The predicted molar refractivity (Wildman–Crippen MR) is 138 cm³/mol. The first-order valence-electron chi connectivity index (χ1n) is 12.1. The Bertz CT molecular complexity index is 1490. The summed E-state index contributed by atoms with van der Waals surface area (Å²) in [7, 11) is 3.08. The normalized spacial score (nSPS) is 18.1. The lowest BCUT2D eigenvalue weighted by molar-refractivity contribution is -0.0329. The van der Waals surface area contributed by atoms with Gasteiger partial charge < -0.3 is 29.2 Å². The number of carbonyl (C=O) groups excluding carboxylic acids is 1. The number of fused-ring (bicyclic) bond motifs is 1. The van der Waals surface area contributed by atoms with E-state index in [0.717, 1.165) is 0 Å². The molecule has 16 heteroatoms. The monoisotopic (exact) mass is 580 g/mol. The Morgan fingerprint density at radius 1 is 1.30 bits per heavy atom. The Balaban J connectivity index is 1.41. The van der Waals surface area contributed by atoms with Crippen LogP contribution in [0.5, 0.6) is 0 Å². The minimum absolute atomic E-state index is 0.0273. The summed E-state index contributed by atoms with van der Waals surface area (Å²) in [6.07, 6.45) is 3.46. The fraction of sp³-hybridized carbons (Fsp3) is 0.375. The number of carbonyl (C=O) groups is 1. The first-order valence-corrected chi connectivity index (χ1v) is 12.9. The van der Waals surface area contributed by atoms with Crippen molar-refractivity contribution in [1.82, 2.24) is 29.4 Å². The largest absolute Gasteiger partial charge is 0.465 e. The molecule has 1 aliphatic heterocycles. The number of alkyl halides is 4. The number of ether oxygens (including phenoxy) is 1. The summed E-state index contributed by atoms with van der Waals surface area (Å²) >= 11 is -0.302. The van der Waals surface area contributed by atoms with Crippen LogP contribution in [0.15, 0.2) is 46.3 Å². The van der Waals surface area contributed by atoms with Crippen molar-refractivity contribution < 1.29 is 31.6 Å². The molecule has 1 saturated heterocycles. The number of aromatic nitrogens is 5. The van der Waals surface area contributed by atoms with Crippen molar-refractivity contribution >= 4 is 34.9 Å². The Kier molecular flexibility index (Phi) is 7.80. The molecule has 2 atom stereocenters. The van der Waals surface area contributed by atoms with Gasteiger partial charge in [0.05, 0.1) is 47.1 Å². The highest BCUT2D eigenvalue weighted by molar-refractivity contribution is 8.00. The molecular formula is C24H24F4N8O3S. The first-order chi connectivity index (χ1) is 19.1. The van der Waals surface area contributed by atoms with Crippen molar-refractivity contribution in [2.75, 3.05) is 37.9 Å². The molecule has 11 nitrogen and oxygen atoms in total. The number of hydrogen-bond acceptors (Lipinski definition) is 11. The zero-order valence-electron chi connectivity index (χ0n) is 21.3. The SMILES string of the molecule is COC(=O)c1cnc(NCc2nc(-c3cc4c(N[C@@H]5CCN(C)C[C@@H]5F)cccn4c3SC(F)(F)F)no2)nc1. The minimum Gasteiger partial charge on any atom is -0.465 e. The zero-order valence-corrected chi connectivity index (χ0v) is 22.1. The van der Waals surface area contributed by atoms with Crippen molar-refractivity contribution in [3.8, 4) is 11.4 Å². The fourth-order valence-corrected chi connectivity index (χ4v) is 5.06. The maximum absolute atomic E-state index is 14.7. The second-order valence-corrected chi connectivity index (χ2v) is 10.1. The third-order valence-corrected chi connectivity index (χ3v) is 7.08. The lowest BCUT2D eigenvalue weighted by Crippen LogP contribution is -2.46. The van der Waals surface area contributed by atoms with Gasteiger partial charge in [0, 0.05) is 43.4 Å². The van der Waals surface area contributed by atoms with Crippen LogP contribution in [0.4, 0.5) is 29.2 Å². The quantitative estimate of drug-likeness (QED) is 0.177. The number of pyridine rings is 1. The second kappa shape index (κ2) is 11.3. The second-order valence-electron chi connectivity index (χ2n) is 9.06. The van der Waals surface area contributed by atoms with E-state index >= 15 is 0 Å².